The van der Waals surface area contributed by atoms with Crippen molar-refractivity contribution in [2.45, 2.75) is 35.4 Å². The minimum absolute atomic E-state index is 0.343. The van der Waals surface area contributed by atoms with Gasteiger partial charge in [-0.1, -0.05) is 30.0 Å². The number of nitrogens with one attached hydrogen (secondary N) is 1. The van der Waals surface area contributed by atoms with Crippen LogP contribution in [0, 0.1) is 11.3 Å². The monoisotopic (exact) mass is 242 g/mol. The van der Waals surface area contributed by atoms with Crippen LogP contribution in [0.4, 0.5) is 0 Å². The molecule has 1 rings (SSSR count). The van der Waals surface area contributed by atoms with Crippen LogP contribution in [0.15, 0.2) is 9.85 Å². The summed E-state index contributed by atoms with van der Waals surface area (Å²) in [6, 6.07) is 2.28. The van der Waals surface area contributed by atoms with Crippen molar-refractivity contribution in [3.05, 3.63) is 5.51 Å². The number of hydrogen-bond donors (Lipinski definition) is 1. The van der Waals surface area contributed by atoms with Crippen LogP contribution in [0.25, 0.3) is 0 Å². The van der Waals surface area contributed by atoms with Gasteiger partial charge in [0, 0.05) is 5.25 Å². The Morgan fingerprint density at radius 1 is 1.80 bits per heavy atom. The van der Waals surface area contributed by atoms with Gasteiger partial charge in [0.1, 0.15) is 11.0 Å². The molecule has 1 aromatic rings. The van der Waals surface area contributed by atoms with Gasteiger partial charge in [0.15, 0.2) is 4.34 Å². The number of rotatable bonds is 5. The van der Waals surface area contributed by atoms with Gasteiger partial charge in [-0.2, -0.15) is 5.26 Å². The summed E-state index contributed by atoms with van der Waals surface area (Å²) < 4.78 is 0.957. The molecule has 6 heteroatoms. The summed E-state index contributed by atoms with van der Waals surface area (Å²) in [6.45, 7) is 4.00. The maximum atomic E-state index is 9.01. The molecule has 0 aliphatic heterocycles. The first-order valence-corrected chi connectivity index (χ1v) is 6.38. The van der Waals surface area contributed by atoms with Crippen molar-refractivity contribution in [1.29, 1.82) is 5.26 Å². The molecule has 0 aliphatic carbocycles. The maximum absolute atomic E-state index is 9.01. The van der Waals surface area contributed by atoms with Crippen LogP contribution in [0.3, 0.4) is 0 Å². The Morgan fingerprint density at radius 3 is 3.00 bits per heavy atom. The zero-order valence-corrected chi connectivity index (χ0v) is 10.7. The molecule has 0 aromatic carbocycles. The van der Waals surface area contributed by atoms with Gasteiger partial charge in [0.2, 0.25) is 0 Å². The molecule has 15 heavy (non-hydrogen) atoms. The SMILES string of the molecule is CNC(C)(C#N)CC(C)Sc1nncs1. The molecule has 1 aromatic heterocycles. The average Bonchev–Trinajstić information content (AvgIpc) is 2.70. The standard InChI is InChI=1S/C9H14N4S2/c1-7(4-9(2,5-10)11-3)15-8-13-12-6-14-8/h6-7,11H,4H2,1-3H3. The lowest BCUT2D eigenvalue weighted by molar-refractivity contribution is 0.455. The van der Waals surface area contributed by atoms with Gasteiger partial charge in [-0.25, -0.2) is 0 Å². The molecule has 0 amide bonds. The molecule has 0 fully saturated rings. The lowest BCUT2D eigenvalue weighted by Gasteiger charge is -2.23. The van der Waals surface area contributed by atoms with Gasteiger partial charge in [0.05, 0.1) is 6.07 Å². The Morgan fingerprint density at radius 2 is 2.53 bits per heavy atom. The van der Waals surface area contributed by atoms with Crippen LogP contribution in [0.1, 0.15) is 20.3 Å². The minimum Gasteiger partial charge on any atom is -0.303 e. The molecule has 0 saturated heterocycles. The second kappa shape index (κ2) is 5.45. The first-order valence-electron chi connectivity index (χ1n) is 4.62. The Kier molecular flexibility index (Phi) is 4.51. The molecule has 2 atom stereocenters. The summed E-state index contributed by atoms with van der Waals surface area (Å²) in [5.74, 6) is 0. The predicted octanol–water partition coefficient (Wildman–Crippen LogP) is 1.91. The Balaban J connectivity index is 2.49. The number of hydrogen-bond acceptors (Lipinski definition) is 6. The fraction of sp³-hybridized carbons (Fsp3) is 0.667. The zero-order chi connectivity index (χ0) is 11.3. The van der Waals surface area contributed by atoms with Gasteiger partial charge >= 0.3 is 0 Å². The molecule has 0 spiro atoms. The van der Waals surface area contributed by atoms with Gasteiger partial charge in [-0.15, -0.1) is 10.2 Å². The molecule has 0 radical (unpaired) electrons. The highest BCUT2D eigenvalue weighted by atomic mass is 32.2. The number of nitrogens with zero attached hydrogens (tertiary/aromatic N) is 3. The van der Waals surface area contributed by atoms with Gasteiger partial charge in [-0.05, 0) is 20.4 Å². The van der Waals surface area contributed by atoms with E-state index in [1.54, 1.807) is 17.3 Å². The third-order valence-electron chi connectivity index (χ3n) is 2.14. The highest BCUT2D eigenvalue weighted by Gasteiger charge is 2.24. The van der Waals surface area contributed by atoms with E-state index in [0.29, 0.717) is 5.25 Å². The van der Waals surface area contributed by atoms with Crippen LogP contribution in [0.2, 0.25) is 0 Å². The van der Waals surface area contributed by atoms with Gasteiger partial charge in [0.25, 0.3) is 0 Å². The van der Waals surface area contributed by atoms with E-state index in [4.69, 9.17) is 5.26 Å². The Hall–Kier alpha value is -0.640. The van der Waals surface area contributed by atoms with Crippen molar-refractivity contribution in [3.8, 4) is 6.07 Å². The summed E-state index contributed by atoms with van der Waals surface area (Å²) >= 11 is 3.19. The fourth-order valence-corrected chi connectivity index (χ4v) is 3.18. The quantitative estimate of drug-likeness (QED) is 0.799. The van der Waals surface area contributed by atoms with Crippen LogP contribution < -0.4 is 5.32 Å². The van der Waals surface area contributed by atoms with E-state index in [0.717, 1.165) is 10.8 Å². The highest BCUT2D eigenvalue weighted by Crippen LogP contribution is 2.28. The first-order chi connectivity index (χ1) is 7.09. The third-order valence-corrected chi connectivity index (χ3v) is 4.05. The lowest BCUT2D eigenvalue weighted by Crippen LogP contribution is -2.40. The summed E-state index contributed by atoms with van der Waals surface area (Å²) in [7, 11) is 1.81. The van der Waals surface area contributed by atoms with E-state index in [2.05, 4.69) is 28.5 Å². The van der Waals surface area contributed by atoms with Crippen molar-refractivity contribution in [3.63, 3.8) is 0 Å². The van der Waals surface area contributed by atoms with Crippen LogP contribution in [-0.2, 0) is 0 Å². The van der Waals surface area contributed by atoms with Crippen molar-refractivity contribution in [1.82, 2.24) is 15.5 Å². The number of thioether (sulfide) groups is 1. The lowest BCUT2D eigenvalue weighted by atomic mass is 9.98. The molecule has 0 bridgehead atoms. The second-order valence-corrected chi connectivity index (χ2v) is 6.05. The van der Waals surface area contributed by atoms with Crippen LogP contribution >= 0.6 is 23.1 Å². The normalized spacial score (nSPS) is 16.7. The summed E-state index contributed by atoms with van der Waals surface area (Å²) in [5, 5.41) is 20.1. The van der Waals surface area contributed by atoms with E-state index >= 15 is 0 Å². The fourth-order valence-electron chi connectivity index (χ4n) is 1.21. The largest absolute Gasteiger partial charge is 0.303 e. The highest BCUT2D eigenvalue weighted by molar-refractivity contribution is 8.01. The molecule has 1 N–H and O–H groups in total. The second-order valence-electron chi connectivity index (χ2n) is 3.53. The summed E-state index contributed by atoms with van der Waals surface area (Å²) in [6.07, 6.45) is 0.782. The first kappa shape index (κ1) is 12.4. The van der Waals surface area contributed by atoms with Crippen molar-refractivity contribution < 1.29 is 0 Å². The molecule has 0 saturated carbocycles. The molecule has 1 heterocycles. The van der Waals surface area contributed by atoms with E-state index in [1.807, 2.05) is 14.0 Å². The molecular weight excluding hydrogens is 228 g/mol. The molecule has 4 nitrogen and oxygen atoms in total. The van der Waals surface area contributed by atoms with Crippen LogP contribution in [-0.4, -0.2) is 28.0 Å². The number of nitriles is 1. The Labute approximate surface area is 98.1 Å². The number of aromatic nitrogens is 2. The van der Waals surface area contributed by atoms with E-state index in [1.165, 1.54) is 11.3 Å². The van der Waals surface area contributed by atoms with E-state index in [-0.39, 0.29) is 0 Å². The van der Waals surface area contributed by atoms with Gasteiger partial charge < -0.3 is 5.32 Å². The Bertz CT molecular complexity index is 332. The molecule has 82 valence electrons. The van der Waals surface area contributed by atoms with E-state index < -0.39 is 5.54 Å². The maximum Gasteiger partial charge on any atom is 0.174 e. The molecule has 2 unspecified atom stereocenters. The smallest absolute Gasteiger partial charge is 0.174 e. The van der Waals surface area contributed by atoms with Crippen molar-refractivity contribution in [2.75, 3.05) is 7.05 Å². The summed E-state index contributed by atoms with van der Waals surface area (Å²) in [4.78, 5) is 0. The van der Waals surface area contributed by atoms with Crippen molar-refractivity contribution >= 4 is 23.1 Å². The van der Waals surface area contributed by atoms with Gasteiger partial charge in [-0.3, -0.25) is 0 Å². The zero-order valence-electron chi connectivity index (χ0n) is 9.02. The van der Waals surface area contributed by atoms with E-state index in [9.17, 15) is 0 Å². The predicted molar refractivity (Wildman–Crippen MR) is 62.9 cm³/mol. The third kappa shape index (κ3) is 3.78. The molecule has 0 aliphatic rings. The van der Waals surface area contributed by atoms with Crippen molar-refractivity contribution in [2.24, 2.45) is 0 Å². The minimum atomic E-state index is -0.461. The average molecular weight is 242 g/mol. The topological polar surface area (TPSA) is 61.6 Å². The van der Waals surface area contributed by atoms with Crippen LogP contribution in [0.5, 0.6) is 0 Å². The molecular formula is C9H14N4S2. The summed E-state index contributed by atoms with van der Waals surface area (Å²) in [5.41, 5.74) is 1.26.